The quantitative estimate of drug-likeness (QED) is 0.710. The van der Waals surface area contributed by atoms with Gasteiger partial charge in [-0.05, 0) is 24.6 Å². The zero-order valence-corrected chi connectivity index (χ0v) is 12.1. The summed E-state index contributed by atoms with van der Waals surface area (Å²) in [6.45, 7) is 4.69. The summed E-state index contributed by atoms with van der Waals surface area (Å²) in [5, 5.41) is 5.83. The van der Waals surface area contributed by atoms with E-state index >= 15 is 0 Å². The van der Waals surface area contributed by atoms with E-state index in [1.54, 1.807) is 0 Å². The molecule has 2 unspecified atom stereocenters. The van der Waals surface area contributed by atoms with Crippen molar-refractivity contribution in [2.24, 2.45) is 5.73 Å². The molecule has 2 amide bonds. The van der Waals surface area contributed by atoms with Crippen molar-refractivity contribution in [1.29, 1.82) is 0 Å². The number of carbonyl (C=O) groups excluding carboxylic acids is 1. The number of carbonyl (C=O) groups is 1. The monoisotopic (exact) mass is 283 g/mol. The molecule has 0 saturated heterocycles. The second-order valence-corrected chi connectivity index (χ2v) is 6.08. The van der Waals surface area contributed by atoms with Gasteiger partial charge >= 0.3 is 6.03 Å². The molecule has 106 valence electrons. The molecule has 6 heteroatoms. The molecule has 5 nitrogen and oxygen atoms in total. The van der Waals surface area contributed by atoms with E-state index < -0.39 is 16.8 Å². The van der Waals surface area contributed by atoms with Gasteiger partial charge in [0.2, 0.25) is 0 Å². The molecule has 0 heterocycles. The Labute approximate surface area is 116 Å². The average Bonchev–Trinajstić information content (AvgIpc) is 2.38. The number of nitrogens with one attached hydrogen (secondary N) is 2. The topological polar surface area (TPSA) is 84.2 Å². The molecule has 0 radical (unpaired) electrons. The Balaban J connectivity index is 2.46. The van der Waals surface area contributed by atoms with Crippen molar-refractivity contribution < 1.29 is 9.00 Å². The summed E-state index contributed by atoms with van der Waals surface area (Å²) in [6, 6.07) is 7.09. The third-order valence-corrected chi connectivity index (χ3v) is 4.08. The van der Waals surface area contributed by atoms with Crippen LogP contribution in [0, 0.1) is 0 Å². The normalized spacial score (nSPS) is 13.8. The Hall–Kier alpha value is -1.40. The van der Waals surface area contributed by atoms with Crippen molar-refractivity contribution in [3.63, 3.8) is 0 Å². The maximum absolute atomic E-state index is 11.3. The van der Waals surface area contributed by atoms with Crippen LogP contribution in [0.1, 0.15) is 25.5 Å². The lowest BCUT2D eigenvalue weighted by Crippen LogP contribution is -2.24. The van der Waals surface area contributed by atoms with Gasteiger partial charge in [0.25, 0.3) is 0 Å². The first-order valence-electron chi connectivity index (χ1n) is 6.27. The fraction of sp³-hybridized carbons (Fsp3) is 0.462. The minimum absolute atomic E-state index is 0.177. The van der Waals surface area contributed by atoms with Gasteiger partial charge in [-0.1, -0.05) is 19.1 Å². The van der Waals surface area contributed by atoms with Crippen molar-refractivity contribution in [3.05, 3.63) is 29.8 Å². The van der Waals surface area contributed by atoms with Gasteiger partial charge in [-0.15, -0.1) is 0 Å². The highest BCUT2D eigenvalue weighted by atomic mass is 32.2. The Morgan fingerprint density at radius 3 is 2.53 bits per heavy atom. The third kappa shape index (κ3) is 5.85. The average molecular weight is 283 g/mol. The summed E-state index contributed by atoms with van der Waals surface area (Å²) >= 11 is 0. The van der Waals surface area contributed by atoms with Gasteiger partial charge in [-0.3, -0.25) is 4.21 Å². The number of benzene rings is 1. The van der Waals surface area contributed by atoms with Crippen molar-refractivity contribution in [2.75, 3.05) is 23.4 Å². The summed E-state index contributed by atoms with van der Waals surface area (Å²) < 4.78 is 11.3. The van der Waals surface area contributed by atoms with Crippen molar-refractivity contribution in [3.8, 4) is 0 Å². The van der Waals surface area contributed by atoms with Crippen molar-refractivity contribution in [2.45, 2.75) is 19.9 Å². The Bertz CT molecular complexity index is 434. The number of urea groups is 1. The molecule has 0 bridgehead atoms. The van der Waals surface area contributed by atoms with Crippen LogP contribution in [0.25, 0.3) is 0 Å². The zero-order chi connectivity index (χ0) is 14.3. The van der Waals surface area contributed by atoms with Gasteiger partial charge in [0.05, 0.1) is 0 Å². The zero-order valence-electron chi connectivity index (χ0n) is 11.3. The molecule has 1 aromatic rings. The number of amides is 2. The second kappa shape index (κ2) is 7.91. The van der Waals surface area contributed by atoms with E-state index in [1.165, 1.54) is 0 Å². The molecule has 0 aliphatic rings. The summed E-state index contributed by atoms with van der Waals surface area (Å²) in [5.74, 6) is 1.37. The van der Waals surface area contributed by atoms with Crippen LogP contribution in [0.15, 0.2) is 24.3 Å². The molecule has 0 aliphatic heterocycles. The van der Waals surface area contributed by atoms with Crippen LogP contribution in [-0.2, 0) is 10.8 Å². The molecule has 0 fully saturated rings. The molecule has 0 aliphatic carbocycles. The highest BCUT2D eigenvalue weighted by Gasteiger charge is 2.05. The Morgan fingerprint density at radius 2 is 2.00 bits per heavy atom. The maximum Gasteiger partial charge on any atom is 0.316 e. The smallest absolute Gasteiger partial charge is 0.316 e. The van der Waals surface area contributed by atoms with E-state index in [0.717, 1.165) is 12.1 Å². The highest BCUT2D eigenvalue weighted by molar-refractivity contribution is 7.84. The lowest BCUT2D eigenvalue weighted by atomic mass is 10.1. The minimum Gasteiger partial charge on any atom is -0.351 e. The standard InChI is InChI=1S/C13H21N3O2S/c1-3-19(18)9-8-15-10(2)11-4-6-12(7-5-11)16-13(14)17/h4-7,10,15H,3,8-9H2,1-2H3,(H3,14,16,17). The number of hydrogen-bond donors (Lipinski definition) is 3. The summed E-state index contributed by atoms with van der Waals surface area (Å²) in [6.07, 6.45) is 0. The van der Waals surface area contributed by atoms with Crippen LogP contribution in [0.2, 0.25) is 0 Å². The van der Waals surface area contributed by atoms with Crippen molar-refractivity contribution >= 4 is 22.5 Å². The van der Waals surface area contributed by atoms with Crippen LogP contribution in [0.3, 0.4) is 0 Å². The first-order valence-corrected chi connectivity index (χ1v) is 7.76. The summed E-state index contributed by atoms with van der Waals surface area (Å²) in [4.78, 5) is 10.7. The Kier molecular flexibility index (Phi) is 6.52. The molecular weight excluding hydrogens is 262 g/mol. The Morgan fingerprint density at radius 1 is 1.37 bits per heavy atom. The van der Waals surface area contributed by atoms with Gasteiger partial charge < -0.3 is 16.4 Å². The molecule has 1 rings (SSSR count). The van der Waals surface area contributed by atoms with E-state index in [-0.39, 0.29) is 6.04 Å². The van der Waals surface area contributed by atoms with Gasteiger partial charge in [0.1, 0.15) is 0 Å². The number of primary amides is 1. The fourth-order valence-corrected chi connectivity index (χ4v) is 2.28. The lowest BCUT2D eigenvalue weighted by molar-refractivity contribution is 0.259. The van der Waals surface area contributed by atoms with Crippen LogP contribution in [0.4, 0.5) is 10.5 Å². The van der Waals surface area contributed by atoms with E-state index in [2.05, 4.69) is 10.6 Å². The number of anilines is 1. The SMILES string of the molecule is CCS(=O)CCNC(C)c1ccc(NC(N)=O)cc1. The molecule has 0 aromatic heterocycles. The van der Waals surface area contributed by atoms with Crippen LogP contribution in [-0.4, -0.2) is 28.3 Å². The maximum atomic E-state index is 11.3. The van der Waals surface area contributed by atoms with E-state index in [4.69, 9.17) is 5.73 Å². The van der Waals surface area contributed by atoms with E-state index in [9.17, 15) is 9.00 Å². The lowest BCUT2D eigenvalue weighted by Gasteiger charge is -2.14. The number of nitrogens with two attached hydrogens (primary N) is 1. The first kappa shape index (κ1) is 15.7. The van der Waals surface area contributed by atoms with Gasteiger partial charge in [-0.2, -0.15) is 0 Å². The fourth-order valence-electron chi connectivity index (χ4n) is 1.65. The van der Waals surface area contributed by atoms with Gasteiger partial charge in [-0.25, -0.2) is 4.79 Å². The number of rotatable bonds is 7. The molecule has 2 atom stereocenters. The van der Waals surface area contributed by atoms with Crippen LogP contribution in [0.5, 0.6) is 0 Å². The predicted octanol–water partition coefficient (Wildman–Crippen LogP) is 1.60. The third-order valence-electron chi connectivity index (χ3n) is 2.78. The van der Waals surface area contributed by atoms with Gasteiger partial charge in [0.15, 0.2) is 0 Å². The highest BCUT2D eigenvalue weighted by Crippen LogP contribution is 2.15. The van der Waals surface area contributed by atoms with Crippen LogP contribution >= 0.6 is 0 Å². The predicted molar refractivity (Wildman–Crippen MR) is 79.6 cm³/mol. The summed E-state index contributed by atoms with van der Waals surface area (Å²) in [7, 11) is -0.734. The molecule has 4 N–H and O–H groups in total. The molecule has 0 spiro atoms. The summed E-state index contributed by atoms with van der Waals surface area (Å²) in [5.41, 5.74) is 6.82. The van der Waals surface area contributed by atoms with Gasteiger partial charge in [0, 0.05) is 40.6 Å². The first-order chi connectivity index (χ1) is 9.02. The van der Waals surface area contributed by atoms with Crippen LogP contribution < -0.4 is 16.4 Å². The van der Waals surface area contributed by atoms with E-state index in [0.29, 0.717) is 17.2 Å². The minimum atomic E-state index is -0.734. The number of hydrogen-bond acceptors (Lipinski definition) is 3. The molecule has 0 saturated carbocycles. The second-order valence-electron chi connectivity index (χ2n) is 4.22. The largest absolute Gasteiger partial charge is 0.351 e. The molecule has 1 aromatic carbocycles. The van der Waals surface area contributed by atoms with Crippen molar-refractivity contribution in [1.82, 2.24) is 5.32 Å². The molecule has 19 heavy (non-hydrogen) atoms. The molecular formula is C13H21N3O2S. The van der Waals surface area contributed by atoms with E-state index in [1.807, 2.05) is 38.1 Å².